The molecule has 8 heteroatoms. The molecule has 1 aromatic heterocycles. The molecule has 25 heavy (non-hydrogen) atoms. The van der Waals surface area contributed by atoms with Crippen molar-refractivity contribution in [3.05, 3.63) is 51.4 Å². The summed E-state index contributed by atoms with van der Waals surface area (Å²) in [5.41, 5.74) is 2.78. The largest absolute Gasteiger partial charge is 0.478 e. The van der Waals surface area contributed by atoms with Crippen molar-refractivity contribution >= 4 is 27.3 Å². The molecule has 3 heterocycles. The van der Waals surface area contributed by atoms with Gasteiger partial charge in [0.1, 0.15) is 4.21 Å². The summed E-state index contributed by atoms with van der Waals surface area (Å²) in [6.07, 6.45) is 1.19. The molecule has 0 saturated heterocycles. The zero-order valence-corrected chi connectivity index (χ0v) is 15.1. The minimum absolute atomic E-state index is 0.0203. The van der Waals surface area contributed by atoms with Crippen LogP contribution in [0.15, 0.2) is 28.5 Å². The topological polar surface area (TPSA) is 86.7 Å². The lowest BCUT2D eigenvalue weighted by atomic mass is 10.0. The first-order valence-corrected chi connectivity index (χ1v) is 10.4. The molecule has 132 valence electrons. The molecule has 2 aliphatic heterocycles. The van der Waals surface area contributed by atoms with Crippen LogP contribution in [0.25, 0.3) is 0 Å². The van der Waals surface area contributed by atoms with Gasteiger partial charge in [-0.25, -0.2) is 13.2 Å². The second kappa shape index (κ2) is 6.21. The van der Waals surface area contributed by atoms with E-state index in [0.29, 0.717) is 44.6 Å². The highest BCUT2D eigenvalue weighted by atomic mass is 32.2. The van der Waals surface area contributed by atoms with E-state index in [0.717, 1.165) is 27.3 Å². The molecule has 2 aromatic rings. The van der Waals surface area contributed by atoms with E-state index >= 15 is 0 Å². The zero-order valence-electron chi connectivity index (χ0n) is 13.5. The highest BCUT2D eigenvalue weighted by molar-refractivity contribution is 7.91. The lowest BCUT2D eigenvalue weighted by molar-refractivity contribution is 0.0692. The fourth-order valence-electron chi connectivity index (χ4n) is 3.50. The van der Waals surface area contributed by atoms with E-state index in [4.69, 9.17) is 0 Å². The van der Waals surface area contributed by atoms with Gasteiger partial charge in [0.15, 0.2) is 0 Å². The van der Waals surface area contributed by atoms with Gasteiger partial charge in [-0.15, -0.1) is 11.3 Å². The molecule has 0 fully saturated rings. The summed E-state index contributed by atoms with van der Waals surface area (Å²) in [4.78, 5) is 12.6. The maximum atomic E-state index is 13.2. The SMILES string of the molecule is O=C(O)c1c(S(=O)(=O)N2CCc3ccccc3C2)sc2c1CCNC2. The molecule has 0 saturated carbocycles. The Kier molecular flexibility index (Phi) is 4.15. The minimum Gasteiger partial charge on any atom is -0.478 e. The number of carboxylic acids is 1. The number of rotatable bonds is 3. The lowest BCUT2D eigenvalue weighted by Gasteiger charge is -2.27. The van der Waals surface area contributed by atoms with Crippen molar-refractivity contribution in [2.45, 2.75) is 30.1 Å². The first kappa shape index (κ1) is 16.7. The molecule has 0 spiro atoms. The lowest BCUT2D eigenvalue weighted by Crippen LogP contribution is -2.36. The Balaban J connectivity index is 1.77. The number of thiophene rings is 1. The molecule has 2 N–H and O–H groups in total. The molecule has 0 amide bonds. The Labute approximate surface area is 150 Å². The van der Waals surface area contributed by atoms with E-state index in [-0.39, 0.29) is 9.77 Å². The number of hydrogen-bond acceptors (Lipinski definition) is 5. The van der Waals surface area contributed by atoms with Gasteiger partial charge in [-0.05, 0) is 36.1 Å². The van der Waals surface area contributed by atoms with Crippen LogP contribution < -0.4 is 5.32 Å². The van der Waals surface area contributed by atoms with Crippen LogP contribution >= 0.6 is 11.3 Å². The van der Waals surface area contributed by atoms with Crippen molar-refractivity contribution in [3.63, 3.8) is 0 Å². The number of carboxylic acid groups (broad SMARTS) is 1. The third-order valence-electron chi connectivity index (χ3n) is 4.78. The molecule has 0 radical (unpaired) electrons. The quantitative estimate of drug-likeness (QED) is 0.851. The predicted molar refractivity (Wildman–Crippen MR) is 94.4 cm³/mol. The van der Waals surface area contributed by atoms with Gasteiger partial charge in [-0.3, -0.25) is 0 Å². The molecule has 0 unspecified atom stereocenters. The van der Waals surface area contributed by atoms with E-state index in [1.165, 1.54) is 4.31 Å². The zero-order chi connectivity index (χ0) is 17.6. The van der Waals surface area contributed by atoms with E-state index in [1.807, 2.05) is 24.3 Å². The van der Waals surface area contributed by atoms with Crippen molar-refractivity contribution < 1.29 is 18.3 Å². The Morgan fingerprint density at radius 3 is 2.72 bits per heavy atom. The molecule has 6 nitrogen and oxygen atoms in total. The molecule has 2 aliphatic rings. The van der Waals surface area contributed by atoms with Crippen molar-refractivity contribution in [1.82, 2.24) is 9.62 Å². The van der Waals surface area contributed by atoms with E-state index in [2.05, 4.69) is 5.32 Å². The first-order valence-electron chi connectivity index (χ1n) is 8.14. The average Bonchev–Trinajstić information content (AvgIpc) is 3.02. The van der Waals surface area contributed by atoms with Gasteiger partial charge in [-0.1, -0.05) is 24.3 Å². The van der Waals surface area contributed by atoms with E-state index in [1.54, 1.807) is 0 Å². The maximum Gasteiger partial charge on any atom is 0.338 e. The van der Waals surface area contributed by atoms with Crippen LogP contribution in [0, 0.1) is 0 Å². The fourth-order valence-corrected chi connectivity index (χ4v) is 6.92. The molecule has 1 aromatic carbocycles. The monoisotopic (exact) mass is 378 g/mol. The van der Waals surface area contributed by atoms with Gasteiger partial charge in [-0.2, -0.15) is 4.31 Å². The third kappa shape index (κ3) is 2.79. The minimum atomic E-state index is -3.83. The van der Waals surface area contributed by atoms with Crippen LogP contribution in [0.3, 0.4) is 0 Å². The molecule has 0 bridgehead atoms. The third-order valence-corrected chi connectivity index (χ3v) is 8.35. The van der Waals surface area contributed by atoms with Crippen molar-refractivity contribution in [2.24, 2.45) is 0 Å². The number of nitrogens with one attached hydrogen (secondary N) is 1. The van der Waals surface area contributed by atoms with Crippen LogP contribution in [0.4, 0.5) is 0 Å². The molecule has 0 atom stereocenters. The number of nitrogens with zero attached hydrogens (tertiary/aromatic N) is 1. The first-order chi connectivity index (χ1) is 12.0. The number of sulfonamides is 1. The van der Waals surface area contributed by atoms with Crippen LogP contribution in [-0.4, -0.2) is 36.9 Å². The van der Waals surface area contributed by atoms with Crippen molar-refractivity contribution in [2.75, 3.05) is 13.1 Å². The Morgan fingerprint density at radius 2 is 1.96 bits per heavy atom. The van der Waals surface area contributed by atoms with Gasteiger partial charge in [0.2, 0.25) is 0 Å². The number of hydrogen-bond donors (Lipinski definition) is 2. The van der Waals surface area contributed by atoms with Crippen LogP contribution in [-0.2, 0) is 36.0 Å². The van der Waals surface area contributed by atoms with Crippen LogP contribution in [0.1, 0.15) is 31.9 Å². The smallest absolute Gasteiger partial charge is 0.338 e. The standard InChI is InChI=1S/C17H18N2O4S2/c20-16(21)15-13-5-7-18-9-14(13)24-17(15)25(22,23)19-8-6-11-3-1-2-4-12(11)10-19/h1-4,18H,5-10H2,(H,20,21). The van der Waals surface area contributed by atoms with Gasteiger partial charge < -0.3 is 10.4 Å². The number of fused-ring (bicyclic) bond motifs is 2. The van der Waals surface area contributed by atoms with Crippen molar-refractivity contribution in [3.8, 4) is 0 Å². The highest BCUT2D eigenvalue weighted by Crippen LogP contribution is 2.37. The predicted octanol–water partition coefficient (Wildman–Crippen LogP) is 1.84. The summed E-state index contributed by atoms with van der Waals surface area (Å²) < 4.78 is 27.8. The van der Waals surface area contributed by atoms with Crippen LogP contribution in [0.2, 0.25) is 0 Å². The Hall–Kier alpha value is -1.74. The Bertz CT molecular complexity index is 950. The van der Waals surface area contributed by atoms with Gasteiger partial charge in [0.05, 0.1) is 5.56 Å². The Morgan fingerprint density at radius 1 is 1.20 bits per heavy atom. The van der Waals surface area contributed by atoms with Crippen molar-refractivity contribution in [1.29, 1.82) is 0 Å². The second-order valence-electron chi connectivity index (χ2n) is 6.26. The molecule has 0 aliphatic carbocycles. The summed E-state index contributed by atoms with van der Waals surface area (Å²) in [7, 11) is -3.83. The fraction of sp³-hybridized carbons (Fsp3) is 0.353. The number of carbonyl (C=O) groups is 1. The second-order valence-corrected chi connectivity index (χ2v) is 9.49. The summed E-state index contributed by atoms with van der Waals surface area (Å²) in [5.74, 6) is -1.16. The molecular formula is C17H18N2O4S2. The van der Waals surface area contributed by atoms with Gasteiger partial charge in [0.25, 0.3) is 10.0 Å². The molecule has 4 rings (SSSR count). The van der Waals surface area contributed by atoms with Crippen LogP contribution in [0.5, 0.6) is 0 Å². The normalized spacial score (nSPS) is 17.8. The van der Waals surface area contributed by atoms with E-state index < -0.39 is 16.0 Å². The van der Waals surface area contributed by atoms with E-state index in [9.17, 15) is 18.3 Å². The summed E-state index contributed by atoms with van der Waals surface area (Å²) in [6, 6.07) is 7.79. The summed E-state index contributed by atoms with van der Waals surface area (Å²) in [6.45, 7) is 1.86. The summed E-state index contributed by atoms with van der Waals surface area (Å²) in [5, 5.41) is 12.8. The number of aromatic carboxylic acids is 1. The van der Waals surface area contributed by atoms with Gasteiger partial charge in [0, 0.05) is 24.5 Å². The number of benzene rings is 1. The summed E-state index contributed by atoms with van der Waals surface area (Å²) >= 11 is 1.10. The maximum absolute atomic E-state index is 13.2. The highest BCUT2D eigenvalue weighted by Gasteiger charge is 2.36. The average molecular weight is 378 g/mol. The van der Waals surface area contributed by atoms with Gasteiger partial charge >= 0.3 is 5.97 Å². The molecular weight excluding hydrogens is 360 g/mol.